The van der Waals surface area contributed by atoms with Gasteiger partial charge in [0.15, 0.2) is 0 Å². The first-order valence-electron chi connectivity index (χ1n) is 7.34. The van der Waals surface area contributed by atoms with E-state index in [2.05, 4.69) is 26.5 Å². The second-order valence-electron chi connectivity index (χ2n) is 5.08. The van der Waals surface area contributed by atoms with Crippen molar-refractivity contribution >= 4 is 38.8 Å². The lowest BCUT2D eigenvalue weighted by Crippen LogP contribution is -2.18. The number of carbonyl (C=O) groups excluding carboxylic acids is 1. The van der Waals surface area contributed by atoms with Gasteiger partial charge in [-0.2, -0.15) is 5.10 Å². The summed E-state index contributed by atoms with van der Waals surface area (Å²) in [6, 6.07) is 19.0. The second kappa shape index (κ2) is 7.27. The Labute approximate surface area is 148 Å². The van der Waals surface area contributed by atoms with E-state index in [4.69, 9.17) is 4.74 Å². The summed E-state index contributed by atoms with van der Waals surface area (Å²) in [5, 5.41) is 6.18. The topological polar surface area (TPSA) is 50.7 Å². The van der Waals surface area contributed by atoms with Gasteiger partial charge in [-0.15, -0.1) is 0 Å². The molecule has 1 amide bonds. The number of nitrogens with zero attached hydrogens (tertiary/aromatic N) is 1. The molecule has 0 radical (unpaired) electrons. The molecule has 0 fully saturated rings. The minimum Gasteiger partial charge on any atom is -0.496 e. The van der Waals surface area contributed by atoms with Gasteiger partial charge in [-0.05, 0) is 44.9 Å². The number of nitrogens with one attached hydrogen (secondary N) is 1. The number of rotatable bonds is 4. The van der Waals surface area contributed by atoms with Crippen LogP contribution < -0.4 is 10.2 Å². The van der Waals surface area contributed by atoms with Crippen molar-refractivity contribution in [2.45, 2.75) is 0 Å². The van der Waals surface area contributed by atoms with Gasteiger partial charge in [-0.1, -0.05) is 42.5 Å². The van der Waals surface area contributed by atoms with Crippen molar-refractivity contribution in [3.63, 3.8) is 0 Å². The number of hydrazone groups is 1. The molecule has 0 aromatic heterocycles. The predicted octanol–water partition coefficient (Wildman–Crippen LogP) is 4.37. The van der Waals surface area contributed by atoms with Crippen molar-refractivity contribution < 1.29 is 9.53 Å². The quantitative estimate of drug-likeness (QED) is 0.537. The number of ether oxygens (including phenoxy) is 1. The fourth-order valence-electron chi connectivity index (χ4n) is 2.45. The molecule has 0 saturated heterocycles. The number of amides is 1. The molecule has 0 aliphatic heterocycles. The monoisotopic (exact) mass is 382 g/mol. The highest BCUT2D eigenvalue weighted by atomic mass is 79.9. The summed E-state index contributed by atoms with van der Waals surface area (Å²) in [6.45, 7) is 0. The summed E-state index contributed by atoms with van der Waals surface area (Å²) in [6.07, 6.45) is 1.61. The van der Waals surface area contributed by atoms with Crippen LogP contribution in [0.25, 0.3) is 10.8 Å². The highest BCUT2D eigenvalue weighted by Crippen LogP contribution is 2.26. The zero-order valence-electron chi connectivity index (χ0n) is 13.0. The number of fused-ring (bicyclic) bond motifs is 1. The number of halogens is 1. The number of hydrogen-bond donors (Lipinski definition) is 1. The van der Waals surface area contributed by atoms with Crippen LogP contribution >= 0.6 is 15.9 Å². The average molecular weight is 383 g/mol. The summed E-state index contributed by atoms with van der Waals surface area (Å²) in [7, 11) is 1.61. The molecule has 3 rings (SSSR count). The maximum atomic E-state index is 12.2. The number of benzene rings is 3. The van der Waals surface area contributed by atoms with Gasteiger partial charge in [-0.3, -0.25) is 4.79 Å². The first-order chi connectivity index (χ1) is 11.7. The van der Waals surface area contributed by atoms with Crippen LogP contribution in [0, 0.1) is 0 Å². The molecule has 3 aromatic rings. The summed E-state index contributed by atoms with van der Waals surface area (Å²) < 4.78 is 6.13. The normalized spacial score (nSPS) is 10.9. The smallest absolute Gasteiger partial charge is 0.272 e. The highest BCUT2D eigenvalue weighted by Gasteiger charge is 2.09. The van der Waals surface area contributed by atoms with Gasteiger partial charge in [0.1, 0.15) is 5.75 Å². The van der Waals surface area contributed by atoms with Gasteiger partial charge in [0.05, 0.1) is 18.9 Å². The van der Waals surface area contributed by atoms with E-state index >= 15 is 0 Å². The number of methoxy groups -OCH3 is 1. The van der Waals surface area contributed by atoms with E-state index in [0.29, 0.717) is 11.3 Å². The molecule has 0 atom stereocenters. The number of hydrogen-bond acceptors (Lipinski definition) is 3. The van der Waals surface area contributed by atoms with Crippen LogP contribution in [-0.4, -0.2) is 19.2 Å². The Hall–Kier alpha value is -2.66. The summed E-state index contributed by atoms with van der Waals surface area (Å²) >= 11 is 3.36. The Morgan fingerprint density at radius 2 is 1.83 bits per heavy atom. The maximum absolute atomic E-state index is 12.2. The summed E-state index contributed by atoms with van der Waals surface area (Å²) in [5.41, 5.74) is 3.90. The van der Waals surface area contributed by atoms with Crippen molar-refractivity contribution in [3.05, 3.63) is 76.3 Å². The van der Waals surface area contributed by atoms with Gasteiger partial charge < -0.3 is 4.74 Å². The third-order valence-electron chi connectivity index (χ3n) is 3.63. The van der Waals surface area contributed by atoms with Gasteiger partial charge in [0, 0.05) is 10.0 Å². The van der Waals surface area contributed by atoms with Gasteiger partial charge >= 0.3 is 0 Å². The summed E-state index contributed by atoms with van der Waals surface area (Å²) in [5.74, 6) is 0.422. The van der Waals surface area contributed by atoms with E-state index in [9.17, 15) is 4.79 Å². The van der Waals surface area contributed by atoms with Crippen molar-refractivity contribution in [1.82, 2.24) is 5.43 Å². The SMILES string of the molecule is COc1ccc2ccccc2c1/C=N\NC(=O)c1ccccc1Br. The standard InChI is InChI=1S/C19H15BrN2O2/c1-24-18-11-10-13-6-2-3-7-14(13)16(18)12-21-22-19(23)15-8-4-5-9-17(15)20/h2-12H,1H3,(H,22,23)/b21-12-. The van der Waals surface area contributed by atoms with Crippen LogP contribution in [0.15, 0.2) is 70.2 Å². The van der Waals surface area contributed by atoms with Crippen molar-refractivity contribution in [2.24, 2.45) is 5.10 Å². The van der Waals surface area contributed by atoms with E-state index in [1.807, 2.05) is 48.5 Å². The van der Waals surface area contributed by atoms with Crippen molar-refractivity contribution in [3.8, 4) is 5.75 Å². The predicted molar refractivity (Wildman–Crippen MR) is 99.7 cm³/mol. The Balaban J connectivity index is 1.88. The zero-order valence-corrected chi connectivity index (χ0v) is 14.6. The van der Waals surface area contributed by atoms with Crippen molar-refractivity contribution in [1.29, 1.82) is 0 Å². The number of carbonyl (C=O) groups is 1. The van der Waals surface area contributed by atoms with Crippen LogP contribution in [0.5, 0.6) is 5.75 Å². The third-order valence-corrected chi connectivity index (χ3v) is 4.32. The molecule has 3 aromatic carbocycles. The van der Waals surface area contributed by atoms with E-state index < -0.39 is 0 Å². The molecule has 120 valence electrons. The Morgan fingerprint density at radius 1 is 1.08 bits per heavy atom. The minimum absolute atomic E-state index is 0.280. The third kappa shape index (κ3) is 3.31. The van der Waals surface area contributed by atoms with E-state index in [-0.39, 0.29) is 5.91 Å². The van der Waals surface area contributed by atoms with Gasteiger partial charge in [0.25, 0.3) is 5.91 Å². The molecular weight excluding hydrogens is 368 g/mol. The maximum Gasteiger partial charge on any atom is 0.272 e. The molecular formula is C19H15BrN2O2. The molecule has 0 aliphatic carbocycles. The molecule has 24 heavy (non-hydrogen) atoms. The lowest BCUT2D eigenvalue weighted by atomic mass is 10.0. The summed E-state index contributed by atoms with van der Waals surface area (Å²) in [4.78, 5) is 12.2. The minimum atomic E-state index is -0.280. The first kappa shape index (κ1) is 16.2. The average Bonchev–Trinajstić information content (AvgIpc) is 2.62. The van der Waals surface area contributed by atoms with Crippen LogP contribution in [-0.2, 0) is 0 Å². The van der Waals surface area contributed by atoms with Gasteiger partial charge in [-0.25, -0.2) is 5.43 Å². The largest absolute Gasteiger partial charge is 0.496 e. The Bertz CT molecular complexity index is 922. The molecule has 0 saturated carbocycles. The fraction of sp³-hybridized carbons (Fsp3) is 0.0526. The first-order valence-corrected chi connectivity index (χ1v) is 8.13. The molecule has 5 heteroatoms. The molecule has 0 heterocycles. The van der Waals surface area contributed by atoms with E-state index in [1.54, 1.807) is 25.5 Å². The van der Waals surface area contributed by atoms with Crippen molar-refractivity contribution in [2.75, 3.05) is 7.11 Å². The van der Waals surface area contributed by atoms with Crippen LogP contribution in [0.1, 0.15) is 15.9 Å². The molecule has 0 aliphatic rings. The highest BCUT2D eigenvalue weighted by molar-refractivity contribution is 9.10. The molecule has 0 unspecified atom stereocenters. The van der Waals surface area contributed by atoms with E-state index in [1.165, 1.54) is 0 Å². The Morgan fingerprint density at radius 3 is 2.62 bits per heavy atom. The van der Waals surface area contributed by atoms with E-state index in [0.717, 1.165) is 20.8 Å². The lowest BCUT2D eigenvalue weighted by molar-refractivity contribution is 0.0954. The zero-order chi connectivity index (χ0) is 16.9. The fourth-order valence-corrected chi connectivity index (χ4v) is 2.91. The molecule has 0 spiro atoms. The van der Waals surface area contributed by atoms with Crippen LogP contribution in [0.4, 0.5) is 0 Å². The van der Waals surface area contributed by atoms with Crippen LogP contribution in [0.3, 0.4) is 0 Å². The van der Waals surface area contributed by atoms with Crippen LogP contribution in [0.2, 0.25) is 0 Å². The molecule has 4 nitrogen and oxygen atoms in total. The second-order valence-corrected chi connectivity index (χ2v) is 5.94. The lowest BCUT2D eigenvalue weighted by Gasteiger charge is -2.08. The molecule has 0 bridgehead atoms. The Kier molecular flexibility index (Phi) is 4.91. The van der Waals surface area contributed by atoms with Gasteiger partial charge in [0.2, 0.25) is 0 Å². The molecule has 1 N–H and O–H groups in total.